The number of rotatable bonds is 7. The topological polar surface area (TPSA) is 65.2 Å². The lowest BCUT2D eigenvalue weighted by molar-refractivity contribution is -0.146. The number of halogens is 3. The van der Waals surface area contributed by atoms with E-state index in [9.17, 15) is 4.79 Å². The van der Waals surface area contributed by atoms with Gasteiger partial charge >= 0.3 is 5.97 Å². The van der Waals surface area contributed by atoms with Gasteiger partial charge in [-0.05, 0) is 30.0 Å². The van der Waals surface area contributed by atoms with Crippen LogP contribution in [0.2, 0.25) is 10.3 Å². The van der Waals surface area contributed by atoms with Crippen molar-refractivity contribution in [3.63, 3.8) is 0 Å². The van der Waals surface area contributed by atoms with E-state index in [4.69, 9.17) is 33.7 Å². The second-order valence-electron chi connectivity index (χ2n) is 5.92. The molecule has 2 rings (SSSR count). The molecule has 1 saturated carbocycles. The Morgan fingerprint density at radius 1 is 1.30 bits per heavy atom. The first-order chi connectivity index (χ1) is 10.5. The van der Waals surface area contributed by atoms with Gasteiger partial charge in [0.1, 0.15) is 23.0 Å². The van der Waals surface area contributed by atoms with Crippen molar-refractivity contribution in [2.45, 2.75) is 57.6 Å². The molecule has 0 aromatic carbocycles. The van der Waals surface area contributed by atoms with Crippen LogP contribution in [0.15, 0.2) is 12.1 Å². The zero-order valence-corrected chi connectivity index (χ0v) is 15.3. The summed E-state index contributed by atoms with van der Waals surface area (Å²) in [6, 6.07) is 2.67. The standard InChI is InChI=1S/C16H22Cl2N2O2.ClH/c17-14-8-12(9-15(18)20-14)10-22-16(21)13(19)7-3-6-11-4-1-2-5-11;/h8-9,11,13H,1-7,10,19H2;1H/t13-;/m0./s1. The van der Waals surface area contributed by atoms with Crippen molar-refractivity contribution in [1.82, 2.24) is 4.98 Å². The maximum atomic E-state index is 11.9. The van der Waals surface area contributed by atoms with Crippen LogP contribution in [0.4, 0.5) is 0 Å². The van der Waals surface area contributed by atoms with Gasteiger partial charge in [0.2, 0.25) is 0 Å². The predicted molar refractivity (Wildman–Crippen MR) is 95.1 cm³/mol. The average molecular weight is 382 g/mol. The third-order valence-electron chi connectivity index (χ3n) is 4.11. The molecule has 1 aromatic heterocycles. The van der Waals surface area contributed by atoms with Gasteiger partial charge in [-0.3, -0.25) is 4.79 Å². The van der Waals surface area contributed by atoms with Gasteiger partial charge in [-0.15, -0.1) is 12.4 Å². The summed E-state index contributed by atoms with van der Waals surface area (Å²) in [5.74, 6) is 0.444. The van der Waals surface area contributed by atoms with E-state index in [0.29, 0.717) is 12.0 Å². The molecule has 1 aliphatic carbocycles. The summed E-state index contributed by atoms with van der Waals surface area (Å²) < 4.78 is 5.21. The van der Waals surface area contributed by atoms with Crippen LogP contribution in [0, 0.1) is 5.92 Å². The first-order valence-electron chi connectivity index (χ1n) is 7.79. The van der Waals surface area contributed by atoms with Gasteiger partial charge in [-0.2, -0.15) is 0 Å². The molecular formula is C16H23Cl3N2O2. The zero-order valence-electron chi connectivity index (χ0n) is 13.0. The second kappa shape index (κ2) is 10.3. The number of hydrogen-bond donors (Lipinski definition) is 1. The van der Waals surface area contributed by atoms with Crippen LogP contribution >= 0.6 is 35.6 Å². The molecule has 0 radical (unpaired) electrons. The van der Waals surface area contributed by atoms with Gasteiger partial charge in [0.15, 0.2) is 0 Å². The number of pyridine rings is 1. The Morgan fingerprint density at radius 3 is 2.52 bits per heavy atom. The molecule has 4 nitrogen and oxygen atoms in total. The van der Waals surface area contributed by atoms with Crippen LogP contribution in [-0.4, -0.2) is 17.0 Å². The van der Waals surface area contributed by atoms with Crippen LogP contribution in [0.3, 0.4) is 0 Å². The first kappa shape index (κ1) is 20.5. The number of aromatic nitrogens is 1. The van der Waals surface area contributed by atoms with Gasteiger partial charge in [0, 0.05) is 0 Å². The zero-order chi connectivity index (χ0) is 15.9. The monoisotopic (exact) mass is 380 g/mol. The number of carbonyl (C=O) groups is 1. The highest BCUT2D eigenvalue weighted by Gasteiger charge is 2.18. The SMILES string of the molecule is Cl.N[C@@H](CCCC1CCCC1)C(=O)OCc1cc(Cl)nc(Cl)c1. The maximum Gasteiger partial charge on any atom is 0.323 e. The molecule has 1 aromatic rings. The third-order valence-corrected chi connectivity index (χ3v) is 4.50. The minimum absolute atomic E-state index is 0. The molecule has 1 heterocycles. The average Bonchev–Trinajstić information content (AvgIpc) is 2.97. The highest BCUT2D eigenvalue weighted by atomic mass is 35.5. The van der Waals surface area contributed by atoms with E-state index in [-0.39, 0.29) is 35.3 Å². The van der Waals surface area contributed by atoms with Crippen molar-refractivity contribution in [1.29, 1.82) is 0 Å². The van der Waals surface area contributed by atoms with E-state index in [2.05, 4.69) is 4.98 Å². The lowest BCUT2D eigenvalue weighted by Crippen LogP contribution is -2.32. The van der Waals surface area contributed by atoms with Gasteiger partial charge < -0.3 is 10.5 Å². The van der Waals surface area contributed by atoms with Crippen molar-refractivity contribution < 1.29 is 9.53 Å². The van der Waals surface area contributed by atoms with Crippen LogP contribution in [-0.2, 0) is 16.1 Å². The summed E-state index contributed by atoms with van der Waals surface area (Å²) in [7, 11) is 0. The fourth-order valence-electron chi connectivity index (χ4n) is 2.90. The normalized spacial score (nSPS) is 16.0. The summed E-state index contributed by atoms with van der Waals surface area (Å²) in [6.45, 7) is 0.108. The molecule has 0 spiro atoms. The molecule has 0 saturated heterocycles. The molecule has 130 valence electrons. The Bertz CT molecular complexity index is 488. The highest BCUT2D eigenvalue weighted by molar-refractivity contribution is 6.32. The van der Waals surface area contributed by atoms with E-state index >= 15 is 0 Å². The van der Waals surface area contributed by atoms with Crippen LogP contribution < -0.4 is 5.73 Å². The summed E-state index contributed by atoms with van der Waals surface area (Å²) in [4.78, 5) is 15.7. The highest BCUT2D eigenvalue weighted by Crippen LogP contribution is 2.29. The van der Waals surface area contributed by atoms with E-state index in [1.165, 1.54) is 25.7 Å². The predicted octanol–water partition coefficient (Wildman–Crippen LogP) is 4.54. The number of esters is 1. The Morgan fingerprint density at radius 2 is 1.91 bits per heavy atom. The molecule has 2 N–H and O–H groups in total. The van der Waals surface area contributed by atoms with Crippen molar-refractivity contribution in [3.8, 4) is 0 Å². The van der Waals surface area contributed by atoms with Crippen LogP contribution in [0.25, 0.3) is 0 Å². The number of carbonyl (C=O) groups excluding carboxylic acids is 1. The number of hydrogen-bond acceptors (Lipinski definition) is 4. The smallest absolute Gasteiger partial charge is 0.323 e. The second-order valence-corrected chi connectivity index (χ2v) is 6.69. The number of nitrogens with zero attached hydrogens (tertiary/aromatic N) is 1. The van der Waals surface area contributed by atoms with Crippen molar-refractivity contribution in [3.05, 3.63) is 28.0 Å². The molecule has 1 aliphatic rings. The minimum Gasteiger partial charge on any atom is -0.460 e. The molecule has 0 bridgehead atoms. The summed E-state index contributed by atoms with van der Waals surface area (Å²) in [6.07, 6.45) is 8.15. The molecular weight excluding hydrogens is 359 g/mol. The van der Waals surface area contributed by atoms with E-state index in [1.54, 1.807) is 12.1 Å². The van der Waals surface area contributed by atoms with E-state index in [1.807, 2.05) is 0 Å². The van der Waals surface area contributed by atoms with Gasteiger partial charge in [-0.25, -0.2) is 4.98 Å². The van der Waals surface area contributed by atoms with Crippen molar-refractivity contribution in [2.24, 2.45) is 11.7 Å². The van der Waals surface area contributed by atoms with E-state index < -0.39 is 6.04 Å². The Hall–Kier alpha value is -0.550. The summed E-state index contributed by atoms with van der Waals surface area (Å²) in [5.41, 5.74) is 6.59. The fourth-order valence-corrected chi connectivity index (χ4v) is 3.41. The maximum absolute atomic E-state index is 11.9. The number of ether oxygens (including phenoxy) is 1. The summed E-state index contributed by atoms with van der Waals surface area (Å²) >= 11 is 11.6. The van der Waals surface area contributed by atoms with Crippen molar-refractivity contribution in [2.75, 3.05) is 0 Å². The Kier molecular flexibility index (Phi) is 9.22. The molecule has 0 amide bonds. The third kappa shape index (κ3) is 7.25. The summed E-state index contributed by atoms with van der Waals surface area (Å²) in [5, 5.41) is 0.554. The van der Waals surface area contributed by atoms with Gasteiger partial charge in [0.25, 0.3) is 0 Å². The largest absolute Gasteiger partial charge is 0.460 e. The van der Waals surface area contributed by atoms with E-state index in [0.717, 1.165) is 18.8 Å². The quantitative estimate of drug-likeness (QED) is 0.556. The first-order valence-corrected chi connectivity index (χ1v) is 8.54. The Balaban J connectivity index is 0.00000264. The van der Waals surface area contributed by atoms with Gasteiger partial charge in [-0.1, -0.05) is 61.7 Å². The lowest BCUT2D eigenvalue weighted by atomic mass is 9.99. The molecule has 0 aliphatic heterocycles. The molecule has 7 heteroatoms. The lowest BCUT2D eigenvalue weighted by Gasteiger charge is -2.13. The van der Waals surface area contributed by atoms with Crippen LogP contribution in [0.5, 0.6) is 0 Å². The Labute approximate surface area is 153 Å². The minimum atomic E-state index is -0.561. The molecule has 1 fully saturated rings. The van der Waals surface area contributed by atoms with Crippen LogP contribution in [0.1, 0.15) is 50.5 Å². The van der Waals surface area contributed by atoms with Gasteiger partial charge in [0.05, 0.1) is 0 Å². The number of nitrogens with two attached hydrogens (primary N) is 1. The van der Waals surface area contributed by atoms with Crippen molar-refractivity contribution >= 4 is 41.6 Å². The molecule has 23 heavy (non-hydrogen) atoms. The molecule has 0 unspecified atom stereocenters. The fraction of sp³-hybridized carbons (Fsp3) is 0.625. The molecule has 1 atom stereocenters.